The lowest BCUT2D eigenvalue weighted by Crippen LogP contribution is -2.44. The third kappa shape index (κ3) is 4.03. The molecule has 0 bridgehead atoms. The lowest BCUT2D eigenvalue weighted by Gasteiger charge is -2.16. The summed E-state index contributed by atoms with van der Waals surface area (Å²) in [6.45, 7) is 4.91. The third-order valence-corrected chi connectivity index (χ3v) is 4.46. The van der Waals surface area contributed by atoms with Crippen molar-refractivity contribution in [2.45, 2.75) is 44.9 Å². The summed E-state index contributed by atoms with van der Waals surface area (Å²) in [5, 5.41) is 6.27. The molecule has 0 aromatic carbocycles. The molecule has 1 aliphatic rings. The molecule has 1 aromatic heterocycles. The van der Waals surface area contributed by atoms with Crippen LogP contribution in [0.2, 0.25) is 0 Å². The summed E-state index contributed by atoms with van der Waals surface area (Å²) >= 11 is 1.79. The van der Waals surface area contributed by atoms with Crippen LogP contribution in [0.4, 0.5) is 0 Å². The number of carbonyl (C=O) groups is 1. The molecule has 0 aliphatic carbocycles. The summed E-state index contributed by atoms with van der Waals surface area (Å²) in [7, 11) is 1.69. The van der Waals surface area contributed by atoms with E-state index in [2.05, 4.69) is 36.6 Å². The molecule has 0 spiro atoms. The monoisotopic (exact) mass is 282 g/mol. The quantitative estimate of drug-likeness (QED) is 0.860. The molecule has 2 rings (SSSR count). The summed E-state index contributed by atoms with van der Waals surface area (Å²) in [6.07, 6.45) is 1.81. The second-order valence-electron chi connectivity index (χ2n) is 5.18. The summed E-state index contributed by atoms with van der Waals surface area (Å²) in [5.74, 6) is 0.0836. The predicted molar refractivity (Wildman–Crippen MR) is 77.6 cm³/mol. The Balaban J connectivity index is 1.79. The number of ether oxygens (including phenoxy) is 1. The summed E-state index contributed by atoms with van der Waals surface area (Å²) in [5.41, 5.74) is 0. The van der Waals surface area contributed by atoms with Crippen molar-refractivity contribution >= 4 is 17.2 Å². The summed E-state index contributed by atoms with van der Waals surface area (Å²) in [6, 6.07) is 4.31. The Kier molecular flexibility index (Phi) is 4.96. The summed E-state index contributed by atoms with van der Waals surface area (Å²) in [4.78, 5) is 14.7. The van der Waals surface area contributed by atoms with E-state index in [9.17, 15) is 4.79 Å². The molecule has 0 radical (unpaired) electrons. The fourth-order valence-electron chi connectivity index (χ4n) is 2.37. The minimum Gasteiger partial charge on any atom is -0.380 e. The van der Waals surface area contributed by atoms with E-state index in [1.807, 2.05) is 0 Å². The third-order valence-electron chi connectivity index (χ3n) is 3.43. The van der Waals surface area contributed by atoms with Crippen LogP contribution in [0.25, 0.3) is 0 Å². The van der Waals surface area contributed by atoms with Gasteiger partial charge in [0.2, 0.25) is 5.91 Å². The van der Waals surface area contributed by atoms with E-state index >= 15 is 0 Å². The van der Waals surface area contributed by atoms with Gasteiger partial charge < -0.3 is 15.4 Å². The van der Waals surface area contributed by atoms with E-state index in [1.54, 1.807) is 18.4 Å². The molecule has 2 N–H and O–H groups in total. The van der Waals surface area contributed by atoms with Crippen molar-refractivity contribution in [2.24, 2.45) is 0 Å². The van der Waals surface area contributed by atoms with Crippen LogP contribution in [0.3, 0.4) is 0 Å². The molecule has 19 heavy (non-hydrogen) atoms. The molecule has 0 saturated carbocycles. The maximum atomic E-state index is 12.1. The van der Waals surface area contributed by atoms with E-state index in [0.29, 0.717) is 0 Å². The fraction of sp³-hybridized carbons (Fsp3) is 0.643. The van der Waals surface area contributed by atoms with Crippen molar-refractivity contribution in [2.75, 3.05) is 13.7 Å². The number of methoxy groups -OCH3 is 1. The maximum Gasteiger partial charge on any atom is 0.237 e. The molecule has 3 atom stereocenters. The van der Waals surface area contributed by atoms with E-state index in [1.165, 1.54) is 9.75 Å². The zero-order valence-corrected chi connectivity index (χ0v) is 12.5. The highest BCUT2D eigenvalue weighted by Gasteiger charge is 2.29. The smallest absolute Gasteiger partial charge is 0.237 e. The second kappa shape index (κ2) is 6.50. The molecule has 1 amide bonds. The zero-order valence-electron chi connectivity index (χ0n) is 11.7. The van der Waals surface area contributed by atoms with Gasteiger partial charge >= 0.3 is 0 Å². The Labute approximate surface area is 118 Å². The molecular weight excluding hydrogens is 260 g/mol. The first-order valence-electron chi connectivity index (χ1n) is 6.70. The Morgan fingerprint density at radius 2 is 2.42 bits per heavy atom. The minimum atomic E-state index is -0.113. The maximum absolute atomic E-state index is 12.1. The number of aryl methyl sites for hydroxylation is 1. The zero-order chi connectivity index (χ0) is 13.8. The first-order chi connectivity index (χ1) is 9.08. The molecule has 4 nitrogen and oxygen atoms in total. The van der Waals surface area contributed by atoms with E-state index in [0.717, 1.165) is 19.4 Å². The molecule has 3 unspecified atom stereocenters. The van der Waals surface area contributed by atoms with Gasteiger partial charge in [0.15, 0.2) is 0 Å². The number of carbonyl (C=O) groups excluding carboxylic acids is 1. The van der Waals surface area contributed by atoms with Crippen LogP contribution in [0.15, 0.2) is 12.1 Å². The van der Waals surface area contributed by atoms with Gasteiger partial charge in [-0.2, -0.15) is 0 Å². The van der Waals surface area contributed by atoms with Crippen LogP contribution < -0.4 is 10.6 Å². The lowest BCUT2D eigenvalue weighted by molar-refractivity contribution is -0.123. The average Bonchev–Trinajstić information content (AvgIpc) is 2.98. The van der Waals surface area contributed by atoms with Gasteiger partial charge in [-0.1, -0.05) is 0 Å². The van der Waals surface area contributed by atoms with Gasteiger partial charge in [0.05, 0.1) is 12.1 Å². The van der Waals surface area contributed by atoms with Gasteiger partial charge in [-0.05, 0) is 32.4 Å². The van der Waals surface area contributed by atoms with E-state index < -0.39 is 0 Å². The summed E-state index contributed by atoms with van der Waals surface area (Å²) < 4.78 is 5.25. The van der Waals surface area contributed by atoms with Crippen LogP contribution in [-0.2, 0) is 16.0 Å². The van der Waals surface area contributed by atoms with Crippen LogP contribution in [0.1, 0.15) is 23.1 Å². The first-order valence-corrected chi connectivity index (χ1v) is 7.52. The number of rotatable bonds is 5. The Morgan fingerprint density at radius 1 is 1.63 bits per heavy atom. The van der Waals surface area contributed by atoms with Crippen molar-refractivity contribution in [1.82, 2.24) is 10.6 Å². The van der Waals surface area contributed by atoms with Crippen molar-refractivity contribution < 1.29 is 9.53 Å². The van der Waals surface area contributed by atoms with Gasteiger partial charge in [-0.25, -0.2) is 0 Å². The van der Waals surface area contributed by atoms with Gasteiger partial charge in [0.25, 0.3) is 0 Å². The normalized spacial score (nSPS) is 24.4. The molecule has 106 valence electrons. The molecular formula is C14H22N2O2S. The minimum absolute atomic E-state index is 0.0836. The molecule has 1 saturated heterocycles. The van der Waals surface area contributed by atoms with Crippen LogP contribution in [-0.4, -0.2) is 37.7 Å². The molecule has 1 aromatic rings. The van der Waals surface area contributed by atoms with Crippen molar-refractivity contribution in [3.05, 3.63) is 21.9 Å². The van der Waals surface area contributed by atoms with Gasteiger partial charge in [-0.3, -0.25) is 4.79 Å². The highest BCUT2D eigenvalue weighted by molar-refractivity contribution is 7.11. The van der Waals surface area contributed by atoms with Crippen LogP contribution in [0, 0.1) is 6.92 Å². The Hall–Kier alpha value is -0.910. The molecule has 1 aliphatic heterocycles. The molecule has 1 fully saturated rings. The number of thiophene rings is 1. The number of amides is 1. The lowest BCUT2D eigenvalue weighted by atomic mass is 10.1. The second-order valence-corrected chi connectivity index (χ2v) is 6.55. The van der Waals surface area contributed by atoms with E-state index in [-0.39, 0.29) is 24.1 Å². The topological polar surface area (TPSA) is 50.4 Å². The Morgan fingerprint density at radius 3 is 3.00 bits per heavy atom. The number of hydrogen-bond donors (Lipinski definition) is 2. The van der Waals surface area contributed by atoms with Crippen LogP contribution >= 0.6 is 11.3 Å². The van der Waals surface area contributed by atoms with E-state index in [4.69, 9.17) is 4.74 Å². The van der Waals surface area contributed by atoms with Crippen molar-refractivity contribution in [1.29, 1.82) is 0 Å². The highest BCUT2D eigenvalue weighted by atomic mass is 32.1. The van der Waals surface area contributed by atoms with Gasteiger partial charge in [-0.15, -0.1) is 11.3 Å². The van der Waals surface area contributed by atoms with Gasteiger partial charge in [0.1, 0.15) is 0 Å². The standard InChI is InChI=1S/C14H22N2O2S/c1-9(6-12-5-4-10(2)19-12)16-14(17)13-7-11(18-3)8-15-13/h4-5,9,11,13,15H,6-8H2,1-3H3,(H,16,17). The van der Waals surface area contributed by atoms with Gasteiger partial charge in [0, 0.05) is 35.9 Å². The first kappa shape index (κ1) is 14.5. The SMILES string of the molecule is COC1CNC(C(=O)NC(C)Cc2ccc(C)s2)C1. The average molecular weight is 282 g/mol. The predicted octanol–water partition coefficient (Wildman–Crippen LogP) is 1.48. The Bertz CT molecular complexity index is 433. The largest absolute Gasteiger partial charge is 0.380 e. The van der Waals surface area contributed by atoms with Crippen molar-refractivity contribution in [3.8, 4) is 0 Å². The number of hydrogen-bond acceptors (Lipinski definition) is 4. The number of nitrogens with one attached hydrogen (secondary N) is 2. The molecule has 2 heterocycles. The van der Waals surface area contributed by atoms with Crippen LogP contribution in [0.5, 0.6) is 0 Å². The highest BCUT2D eigenvalue weighted by Crippen LogP contribution is 2.17. The van der Waals surface area contributed by atoms with Crippen molar-refractivity contribution in [3.63, 3.8) is 0 Å². The fourth-order valence-corrected chi connectivity index (χ4v) is 3.39. The molecule has 5 heteroatoms.